The van der Waals surface area contributed by atoms with Gasteiger partial charge in [0, 0.05) is 11.7 Å². The van der Waals surface area contributed by atoms with Gasteiger partial charge in [-0.15, -0.1) is 0 Å². The highest BCUT2D eigenvalue weighted by Crippen LogP contribution is 2.21. The predicted octanol–water partition coefficient (Wildman–Crippen LogP) is 0.951. The number of nitrogens with one attached hydrogen (secondary N) is 1. The van der Waals surface area contributed by atoms with E-state index in [1.54, 1.807) is 6.92 Å². The molecule has 1 fully saturated rings. The van der Waals surface area contributed by atoms with Crippen molar-refractivity contribution in [2.75, 3.05) is 5.32 Å². The van der Waals surface area contributed by atoms with Gasteiger partial charge >= 0.3 is 13.2 Å². The zero-order valence-electron chi connectivity index (χ0n) is 11.5. The molecule has 108 valence electrons. The molecule has 0 saturated heterocycles. The van der Waals surface area contributed by atoms with Crippen molar-refractivity contribution < 1.29 is 19.6 Å². The molecule has 0 aromatic carbocycles. The zero-order valence-corrected chi connectivity index (χ0v) is 11.5. The first-order chi connectivity index (χ1) is 9.56. The lowest BCUT2D eigenvalue weighted by atomic mass is 9.81. The van der Waals surface area contributed by atoms with Gasteiger partial charge in [0.15, 0.2) is 0 Å². The third kappa shape index (κ3) is 3.95. The summed E-state index contributed by atoms with van der Waals surface area (Å²) in [5, 5.41) is 20.8. The highest BCUT2D eigenvalue weighted by molar-refractivity contribution is 6.58. The van der Waals surface area contributed by atoms with E-state index in [0.29, 0.717) is 11.4 Å². The third-order valence-electron chi connectivity index (χ3n) is 3.47. The smallest absolute Gasteiger partial charge is 0.446 e. The molecule has 0 aliphatic heterocycles. The van der Waals surface area contributed by atoms with Crippen molar-refractivity contribution in [2.45, 2.75) is 45.1 Å². The second-order valence-corrected chi connectivity index (χ2v) is 5.07. The number of hydrogen-bond donors (Lipinski definition) is 3. The van der Waals surface area contributed by atoms with E-state index in [2.05, 4.69) is 10.3 Å². The quantitative estimate of drug-likeness (QED) is 0.716. The molecule has 0 radical (unpaired) electrons. The highest BCUT2D eigenvalue weighted by atomic mass is 16.6. The summed E-state index contributed by atoms with van der Waals surface area (Å²) in [5.74, 6) is 0. The lowest BCUT2D eigenvalue weighted by molar-refractivity contribution is 0.0865. The summed E-state index contributed by atoms with van der Waals surface area (Å²) < 4.78 is 5.35. The second-order valence-electron chi connectivity index (χ2n) is 5.07. The Hall–Kier alpha value is -1.60. The Bertz CT molecular complexity index is 475. The topological polar surface area (TPSA) is 91.7 Å². The molecule has 0 bridgehead atoms. The van der Waals surface area contributed by atoms with E-state index >= 15 is 0 Å². The van der Waals surface area contributed by atoms with Crippen LogP contribution in [0.3, 0.4) is 0 Å². The molecule has 1 aromatic heterocycles. The normalized spacial score (nSPS) is 15.8. The number of nitrogens with zero attached hydrogens (tertiary/aromatic N) is 1. The fourth-order valence-corrected chi connectivity index (χ4v) is 2.29. The first-order valence-corrected chi connectivity index (χ1v) is 6.86. The average Bonchev–Trinajstić information content (AvgIpc) is 2.42. The van der Waals surface area contributed by atoms with Crippen LogP contribution in [0.15, 0.2) is 12.3 Å². The van der Waals surface area contributed by atoms with Crippen molar-refractivity contribution >= 4 is 24.4 Å². The van der Waals surface area contributed by atoms with Crippen LogP contribution in [0.4, 0.5) is 10.5 Å². The standard InChI is InChI=1S/C13H19BN2O4/c1-9-12(7-10(8-15-9)14(18)19)16-13(17)20-11-5-3-2-4-6-11/h7-8,11,18-19H,2-6H2,1H3,(H,16,17). The molecule has 1 aliphatic rings. The lowest BCUT2D eigenvalue weighted by Crippen LogP contribution is -2.31. The molecule has 1 heterocycles. The van der Waals surface area contributed by atoms with Crippen LogP contribution in [0.2, 0.25) is 0 Å². The van der Waals surface area contributed by atoms with Crippen LogP contribution >= 0.6 is 0 Å². The Labute approximate surface area is 118 Å². The molecule has 1 aliphatic carbocycles. The summed E-state index contributed by atoms with van der Waals surface area (Å²) in [4.78, 5) is 15.8. The van der Waals surface area contributed by atoms with Gasteiger partial charge in [0.05, 0.1) is 11.4 Å². The number of carbonyl (C=O) groups excluding carboxylic acids is 1. The fourth-order valence-electron chi connectivity index (χ4n) is 2.29. The molecule has 0 spiro atoms. The molecule has 7 heteroatoms. The van der Waals surface area contributed by atoms with Crippen molar-refractivity contribution in [3.63, 3.8) is 0 Å². The van der Waals surface area contributed by atoms with E-state index in [9.17, 15) is 4.79 Å². The van der Waals surface area contributed by atoms with Crippen LogP contribution in [0, 0.1) is 6.92 Å². The minimum Gasteiger partial charge on any atom is -0.446 e. The Morgan fingerprint density at radius 1 is 1.40 bits per heavy atom. The van der Waals surface area contributed by atoms with Gasteiger partial charge in [-0.25, -0.2) is 4.79 Å². The Morgan fingerprint density at radius 3 is 2.75 bits per heavy atom. The second kappa shape index (κ2) is 6.72. The van der Waals surface area contributed by atoms with Gasteiger partial charge in [-0.05, 0) is 38.7 Å². The van der Waals surface area contributed by atoms with Crippen LogP contribution in [-0.4, -0.2) is 34.3 Å². The molecule has 0 unspecified atom stereocenters. The Morgan fingerprint density at radius 2 is 2.10 bits per heavy atom. The summed E-state index contributed by atoms with van der Waals surface area (Å²) in [5.41, 5.74) is 1.25. The molecule has 1 amide bonds. The van der Waals surface area contributed by atoms with Gasteiger partial charge in [0.25, 0.3) is 0 Å². The van der Waals surface area contributed by atoms with E-state index in [4.69, 9.17) is 14.8 Å². The summed E-state index contributed by atoms with van der Waals surface area (Å²) in [6, 6.07) is 1.48. The minimum absolute atomic E-state index is 0.0244. The molecule has 2 rings (SSSR count). The van der Waals surface area contributed by atoms with Crippen LogP contribution in [0.1, 0.15) is 37.8 Å². The van der Waals surface area contributed by atoms with Crippen molar-refractivity contribution in [3.05, 3.63) is 18.0 Å². The van der Waals surface area contributed by atoms with Gasteiger partial charge in [-0.1, -0.05) is 6.42 Å². The number of aryl methyl sites for hydroxylation is 1. The average molecular weight is 278 g/mol. The number of carbonyl (C=O) groups is 1. The third-order valence-corrected chi connectivity index (χ3v) is 3.47. The van der Waals surface area contributed by atoms with Crippen molar-refractivity contribution in [3.8, 4) is 0 Å². The van der Waals surface area contributed by atoms with E-state index < -0.39 is 13.2 Å². The molecule has 6 nitrogen and oxygen atoms in total. The number of amides is 1. The number of aromatic nitrogens is 1. The van der Waals surface area contributed by atoms with Crippen LogP contribution < -0.4 is 10.8 Å². The molecule has 3 N–H and O–H groups in total. The van der Waals surface area contributed by atoms with Gasteiger partial charge in [-0.3, -0.25) is 10.3 Å². The lowest BCUT2D eigenvalue weighted by Gasteiger charge is -2.22. The van der Waals surface area contributed by atoms with Crippen LogP contribution in [-0.2, 0) is 4.74 Å². The maximum Gasteiger partial charge on any atom is 0.490 e. The van der Waals surface area contributed by atoms with Crippen molar-refractivity contribution in [1.82, 2.24) is 4.98 Å². The maximum absolute atomic E-state index is 11.8. The number of rotatable bonds is 3. The number of hydrogen-bond acceptors (Lipinski definition) is 5. The largest absolute Gasteiger partial charge is 0.490 e. The van der Waals surface area contributed by atoms with E-state index in [0.717, 1.165) is 25.7 Å². The van der Waals surface area contributed by atoms with E-state index in [1.165, 1.54) is 18.7 Å². The summed E-state index contributed by atoms with van der Waals surface area (Å²) >= 11 is 0. The Balaban J connectivity index is 1.97. The van der Waals surface area contributed by atoms with Crippen molar-refractivity contribution in [1.29, 1.82) is 0 Å². The minimum atomic E-state index is -1.61. The molecule has 20 heavy (non-hydrogen) atoms. The van der Waals surface area contributed by atoms with Crippen LogP contribution in [0.25, 0.3) is 0 Å². The molecular weight excluding hydrogens is 259 g/mol. The van der Waals surface area contributed by atoms with Gasteiger partial charge < -0.3 is 14.8 Å². The monoisotopic (exact) mass is 278 g/mol. The first kappa shape index (κ1) is 14.8. The van der Waals surface area contributed by atoms with Gasteiger partial charge in [-0.2, -0.15) is 0 Å². The first-order valence-electron chi connectivity index (χ1n) is 6.86. The van der Waals surface area contributed by atoms with Crippen LogP contribution in [0.5, 0.6) is 0 Å². The maximum atomic E-state index is 11.8. The van der Waals surface area contributed by atoms with Gasteiger partial charge in [0.2, 0.25) is 0 Å². The molecule has 1 saturated carbocycles. The van der Waals surface area contributed by atoms with E-state index in [-0.39, 0.29) is 11.6 Å². The zero-order chi connectivity index (χ0) is 14.5. The SMILES string of the molecule is Cc1ncc(B(O)O)cc1NC(=O)OC1CCCCC1. The predicted molar refractivity (Wildman–Crippen MR) is 75.8 cm³/mol. The molecule has 0 atom stereocenters. The molecule has 1 aromatic rings. The highest BCUT2D eigenvalue weighted by Gasteiger charge is 2.19. The summed E-state index contributed by atoms with van der Waals surface area (Å²) in [7, 11) is -1.61. The summed E-state index contributed by atoms with van der Waals surface area (Å²) in [6.45, 7) is 1.73. The van der Waals surface area contributed by atoms with Gasteiger partial charge in [0.1, 0.15) is 6.10 Å². The summed E-state index contributed by atoms with van der Waals surface area (Å²) in [6.07, 6.45) is 5.99. The number of anilines is 1. The molecular formula is C13H19BN2O4. The number of ether oxygens (including phenoxy) is 1. The van der Waals surface area contributed by atoms with E-state index in [1.807, 2.05) is 0 Å². The Kier molecular flexibility index (Phi) is 4.97. The fraction of sp³-hybridized carbons (Fsp3) is 0.538. The van der Waals surface area contributed by atoms with Crippen molar-refractivity contribution in [2.24, 2.45) is 0 Å². The number of pyridine rings is 1.